The molecule has 7 heteroatoms. The standard InChI is InChI=1S/C17H18Cl2N4O/c1-12-20-5-4-16(21-12)22-6-8-23(9-7-22)17(24)11-13-2-3-14(18)15(19)10-13/h2-5,10H,6-9,11H2,1H3. The molecule has 0 atom stereocenters. The Morgan fingerprint density at radius 2 is 1.88 bits per heavy atom. The summed E-state index contributed by atoms with van der Waals surface area (Å²) in [6.45, 7) is 4.78. The summed E-state index contributed by atoms with van der Waals surface area (Å²) in [5.41, 5.74) is 0.878. The lowest BCUT2D eigenvalue weighted by molar-refractivity contribution is -0.130. The number of amides is 1. The van der Waals surface area contributed by atoms with E-state index < -0.39 is 0 Å². The van der Waals surface area contributed by atoms with Gasteiger partial charge in [-0.15, -0.1) is 0 Å². The molecule has 0 N–H and O–H groups in total. The van der Waals surface area contributed by atoms with E-state index in [1.165, 1.54) is 0 Å². The molecule has 0 saturated carbocycles. The fourth-order valence-electron chi connectivity index (χ4n) is 2.74. The molecule has 1 aromatic heterocycles. The number of carbonyl (C=O) groups excluding carboxylic acids is 1. The van der Waals surface area contributed by atoms with Gasteiger partial charge in [0.15, 0.2) is 0 Å². The molecule has 1 saturated heterocycles. The molecular formula is C17H18Cl2N4O. The normalized spacial score (nSPS) is 14.8. The zero-order valence-corrected chi connectivity index (χ0v) is 14.9. The van der Waals surface area contributed by atoms with E-state index in [4.69, 9.17) is 23.2 Å². The molecule has 0 spiro atoms. The zero-order valence-electron chi connectivity index (χ0n) is 13.4. The highest BCUT2D eigenvalue weighted by Gasteiger charge is 2.22. The lowest BCUT2D eigenvalue weighted by Gasteiger charge is -2.35. The molecular weight excluding hydrogens is 347 g/mol. The predicted molar refractivity (Wildman–Crippen MR) is 95.7 cm³/mol. The number of hydrogen-bond donors (Lipinski definition) is 0. The number of aryl methyl sites for hydroxylation is 1. The Morgan fingerprint density at radius 3 is 2.54 bits per heavy atom. The van der Waals surface area contributed by atoms with Gasteiger partial charge in [0, 0.05) is 32.4 Å². The van der Waals surface area contributed by atoms with Gasteiger partial charge in [-0.2, -0.15) is 0 Å². The number of hydrogen-bond acceptors (Lipinski definition) is 4. The van der Waals surface area contributed by atoms with Crippen LogP contribution in [0.25, 0.3) is 0 Å². The lowest BCUT2D eigenvalue weighted by Crippen LogP contribution is -2.49. The minimum atomic E-state index is 0.104. The fourth-order valence-corrected chi connectivity index (χ4v) is 3.06. The van der Waals surface area contributed by atoms with Crippen molar-refractivity contribution in [3.05, 3.63) is 51.9 Å². The maximum Gasteiger partial charge on any atom is 0.227 e. The first-order valence-electron chi connectivity index (χ1n) is 7.79. The monoisotopic (exact) mass is 364 g/mol. The molecule has 1 amide bonds. The number of piperazine rings is 1. The van der Waals surface area contributed by atoms with E-state index in [9.17, 15) is 4.79 Å². The van der Waals surface area contributed by atoms with Crippen LogP contribution in [0.2, 0.25) is 10.0 Å². The Kier molecular flexibility index (Phi) is 5.21. The van der Waals surface area contributed by atoms with E-state index in [0.717, 1.165) is 30.3 Å². The predicted octanol–water partition coefficient (Wildman–Crippen LogP) is 2.98. The van der Waals surface area contributed by atoms with Crippen molar-refractivity contribution >= 4 is 34.9 Å². The quantitative estimate of drug-likeness (QED) is 0.839. The second-order valence-electron chi connectivity index (χ2n) is 5.76. The highest BCUT2D eigenvalue weighted by Crippen LogP contribution is 2.23. The summed E-state index contributed by atoms with van der Waals surface area (Å²) in [5, 5.41) is 0.979. The number of carbonyl (C=O) groups is 1. The first-order chi connectivity index (χ1) is 11.5. The van der Waals surface area contributed by atoms with Gasteiger partial charge in [0.05, 0.1) is 16.5 Å². The molecule has 1 aliphatic heterocycles. The van der Waals surface area contributed by atoms with Crippen LogP contribution in [0.3, 0.4) is 0 Å². The summed E-state index contributed by atoms with van der Waals surface area (Å²) >= 11 is 11.9. The molecule has 1 fully saturated rings. The molecule has 24 heavy (non-hydrogen) atoms. The molecule has 0 unspecified atom stereocenters. The highest BCUT2D eigenvalue weighted by atomic mass is 35.5. The SMILES string of the molecule is Cc1nccc(N2CCN(C(=O)Cc3ccc(Cl)c(Cl)c3)CC2)n1. The number of rotatable bonds is 3. The van der Waals surface area contributed by atoms with Crippen LogP contribution >= 0.6 is 23.2 Å². The number of halogens is 2. The van der Waals surface area contributed by atoms with Crippen LogP contribution in [0.1, 0.15) is 11.4 Å². The summed E-state index contributed by atoms with van der Waals surface area (Å²) in [6, 6.07) is 7.22. The Morgan fingerprint density at radius 1 is 1.12 bits per heavy atom. The second-order valence-corrected chi connectivity index (χ2v) is 6.57. The van der Waals surface area contributed by atoms with E-state index in [0.29, 0.717) is 29.6 Å². The average molecular weight is 365 g/mol. The summed E-state index contributed by atoms with van der Waals surface area (Å²) in [6.07, 6.45) is 2.10. The van der Waals surface area contributed by atoms with Crippen molar-refractivity contribution in [1.82, 2.24) is 14.9 Å². The number of anilines is 1. The zero-order chi connectivity index (χ0) is 17.1. The van der Waals surface area contributed by atoms with Gasteiger partial charge in [-0.25, -0.2) is 9.97 Å². The van der Waals surface area contributed by atoms with Gasteiger partial charge in [0.25, 0.3) is 0 Å². The molecule has 2 heterocycles. The van der Waals surface area contributed by atoms with E-state index in [1.54, 1.807) is 18.3 Å². The third-order valence-electron chi connectivity index (χ3n) is 4.06. The third kappa shape index (κ3) is 3.97. The minimum absolute atomic E-state index is 0.104. The largest absolute Gasteiger partial charge is 0.353 e. The van der Waals surface area contributed by atoms with Gasteiger partial charge in [-0.1, -0.05) is 29.3 Å². The Labute approximate surface area is 151 Å². The molecule has 0 bridgehead atoms. The molecule has 2 aromatic rings. The van der Waals surface area contributed by atoms with Gasteiger partial charge in [-0.3, -0.25) is 4.79 Å². The Bertz CT molecular complexity index is 745. The smallest absolute Gasteiger partial charge is 0.227 e. The molecule has 0 aliphatic carbocycles. The Hall–Kier alpha value is -1.85. The fraction of sp³-hybridized carbons (Fsp3) is 0.353. The third-order valence-corrected chi connectivity index (χ3v) is 4.80. The first kappa shape index (κ1) is 17.0. The lowest BCUT2D eigenvalue weighted by atomic mass is 10.1. The number of nitrogens with zero attached hydrogens (tertiary/aromatic N) is 4. The van der Waals surface area contributed by atoms with Crippen molar-refractivity contribution < 1.29 is 4.79 Å². The summed E-state index contributed by atoms with van der Waals surface area (Å²) in [4.78, 5) is 25.1. The molecule has 3 rings (SSSR count). The molecule has 0 radical (unpaired) electrons. The second kappa shape index (κ2) is 7.36. The van der Waals surface area contributed by atoms with Crippen LogP contribution in [0, 0.1) is 6.92 Å². The highest BCUT2D eigenvalue weighted by molar-refractivity contribution is 6.42. The van der Waals surface area contributed by atoms with E-state index in [-0.39, 0.29) is 5.91 Å². The van der Waals surface area contributed by atoms with Crippen molar-refractivity contribution in [2.75, 3.05) is 31.1 Å². The molecule has 5 nitrogen and oxygen atoms in total. The van der Waals surface area contributed by atoms with Crippen molar-refractivity contribution in [1.29, 1.82) is 0 Å². The minimum Gasteiger partial charge on any atom is -0.353 e. The van der Waals surface area contributed by atoms with Crippen molar-refractivity contribution in [2.24, 2.45) is 0 Å². The summed E-state index contributed by atoms with van der Waals surface area (Å²) < 4.78 is 0. The van der Waals surface area contributed by atoms with Gasteiger partial charge in [0.1, 0.15) is 11.6 Å². The van der Waals surface area contributed by atoms with Crippen LogP contribution in [0.15, 0.2) is 30.5 Å². The van der Waals surface area contributed by atoms with Crippen LogP contribution < -0.4 is 4.90 Å². The summed E-state index contributed by atoms with van der Waals surface area (Å²) in [7, 11) is 0. The van der Waals surface area contributed by atoms with Crippen molar-refractivity contribution in [3.8, 4) is 0 Å². The number of benzene rings is 1. The van der Waals surface area contributed by atoms with E-state index >= 15 is 0 Å². The van der Waals surface area contributed by atoms with Crippen LogP contribution in [-0.2, 0) is 11.2 Å². The van der Waals surface area contributed by atoms with E-state index in [2.05, 4.69) is 14.9 Å². The van der Waals surface area contributed by atoms with Gasteiger partial charge >= 0.3 is 0 Å². The average Bonchev–Trinajstić information content (AvgIpc) is 2.58. The topological polar surface area (TPSA) is 49.3 Å². The van der Waals surface area contributed by atoms with Crippen molar-refractivity contribution in [3.63, 3.8) is 0 Å². The molecule has 1 aromatic carbocycles. The van der Waals surface area contributed by atoms with Crippen LogP contribution in [0.4, 0.5) is 5.82 Å². The van der Waals surface area contributed by atoms with Gasteiger partial charge < -0.3 is 9.80 Å². The Balaban J connectivity index is 1.58. The van der Waals surface area contributed by atoms with Crippen LogP contribution in [0.5, 0.6) is 0 Å². The maximum atomic E-state index is 12.5. The summed E-state index contributed by atoms with van der Waals surface area (Å²) in [5.74, 6) is 1.77. The van der Waals surface area contributed by atoms with Gasteiger partial charge in [0.2, 0.25) is 5.91 Å². The maximum absolute atomic E-state index is 12.5. The van der Waals surface area contributed by atoms with Crippen LogP contribution in [-0.4, -0.2) is 47.0 Å². The number of aromatic nitrogens is 2. The molecule has 1 aliphatic rings. The van der Waals surface area contributed by atoms with Crippen molar-refractivity contribution in [2.45, 2.75) is 13.3 Å². The first-order valence-corrected chi connectivity index (χ1v) is 8.55. The molecule has 126 valence electrons. The van der Waals surface area contributed by atoms with E-state index in [1.807, 2.05) is 24.0 Å². The van der Waals surface area contributed by atoms with Gasteiger partial charge in [-0.05, 0) is 30.7 Å².